The van der Waals surface area contributed by atoms with E-state index < -0.39 is 0 Å². The maximum absolute atomic E-state index is 12.3. The molecule has 5 heteroatoms. The number of piperidine rings is 1. The number of ether oxygens (including phenoxy) is 1. The van der Waals surface area contributed by atoms with E-state index in [1.54, 1.807) is 0 Å². The van der Waals surface area contributed by atoms with Crippen molar-refractivity contribution >= 4 is 11.8 Å². The minimum absolute atomic E-state index is 0.0507. The average molecular weight is 240 g/mol. The van der Waals surface area contributed by atoms with Gasteiger partial charge in [-0.1, -0.05) is 0 Å². The van der Waals surface area contributed by atoms with Gasteiger partial charge in [-0.15, -0.1) is 0 Å². The molecule has 1 N–H and O–H groups in total. The van der Waals surface area contributed by atoms with Gasteiger partial charge < -0.3 is 15.0 Å². The van der Waals surface area contributed by atoms with Crippen molar-refractivity contribution in [3.63, 3.8) is 0 Å². The Balaban J connectivity index is 1.92. The van der Waals surface area contributed by atoms with Crippen LogP contribution in [-0.4, -0.2) is 48.6 Å². The van der Waals surface area contributed by atoms with Crippen molar-refractivity contribution in [1.29, 1.82) is 0 Å². The summed E-state index contributed by atoms with van der Waals surface area (Å²) in [6.45, 7) is 5.77. The number of morpholine rings is 1. The lowest BCUT2D eigenvalue weighted by Gasteiger charge is -2.37. The predicted molar refractivity (Wildman–Crippen MR) is 62.3 cm³/mol. The summed E-state index contributed by atoms with van der Waals surface area (Å²) < 4.78 is 5.61. The maximum atomic E-state index is 12.3. The zero-order valence-corrected chi connectivity index (χ0v) is 10.4. The summed E-state index contributed by atoms with van der Waals surface area (Å²) in [5.41, 5.74) is 0. The van der Waals surface area contributed by atoms with Gasteiger partial charge in [0.1, 0.15) is 0 Å². The molecule has 2 rings (SSSR count). The zero-order chi connectivity index (χ0) is 12.4. The third kappa shape index (κ3) is 2.97. The number of rotatable bonds is 1. The van der Waals surface area contributed by atoms with Crippen LogP contribution in [0.4, 0.5) is 0 Å². The lowest BCUT2D eigenvalue weighted by atomic mass is 9.97. The lowest BCUT2D eigenvalue weighted by Crippen LogP contribution is -2.52. The fourth-order valence-electron chi connectivity index (χ4n) is 2.56. The van der Waals surface area contributed by atoms with Gasteiger partial charge in [0.05, 0.1) is 18.1 Å². The van der Waals surface area contributed by atoms with E-state index in [0.29, 0.717) is 32.5 Å². The first-order chi connectivity index (χ1) is 8.06. The third-order valence-corrected chi connectivity index (χ3v) is 3.35. The molecular formula is C12H20N2O3. The Kier molecular flexibility index (Phi) is 3.66. The molecule has 1 unspecified atom stereocenters. The number of hydrogen-bond donors (Lipinski definition) is 1. The van der Waals surface area contributed by atoms with E-state index in [4.69, 9.17) is 4.74 Å². The average Bonchev–Trinajstić information content (AvgIpc) is 2.28. The second kappa shape index (κ2) is 5.04. The Morgan fingerprint density at radius 2 is 2.00 bits per heavy atom. The van der Waals surface area contributed by atoms with E-state index in [-0.39, 0.29) is 29.9 Å². The Hall–Kier alpha value is -1.10. The standard InChI is InChI=1S/C12H20N2O3/c1-8-6-14(7-9(2)17-8)12(16)10-3-4-11(15)13-5-10/h8-10H,3-7H2,1-2H3,(H,13,15)/t8-,9+,10?. The smallest absolute Gasteiger partial charge is 0.227 e. The molecule has 5 nitrogen and oxygen atoms in total. The minimum atomic E-state index is -0.0507. The molecule has 2 amide bonds. The van der Waals surface area contributed by atoms with Crippen molar-refractivity contribution in [2.45, 2.75) is 38.9 Å². The highest BCUT2D eigenvalue weighted by Crippen LogP contribution is 2.18. The quantitative estimate of drug-likeness (QED) is 0.709. The van der Waals surface area contributed by atoms with Crippen molar-refractivity contribution in [3.05, 3.63) is 0 Å². The molecule has 3 atom stereocenters. The molecule has 2 aliphatic heterocycles. The summed E-state index contributed by atoms with van der Waals surface area (Å²) >= 11 is 0. The first-order valence-electron chi connectivity index (χ1n) is 6.27. The predicted octanol–water partition coefficient (Wildman–Crippen LogP) is 0.148. The SMILES string of the molecule is C[C@@H]1CN(C(=O)C2CCC(=O)NC2)C[C@H](C)O1. The molecule has 0 aromatic heterocycles. The van der Waals surface area contributed by atoms with Gasteiger partial charge in [-0.25, -0.2) is 0 Å². The van der Waals surface area contributed by atoms with Crippen LogP contribution in [0.25, 0.3) is 0 Å². The first-order valence-corrected chi connectivity index (χ1v) is 6.27. The first kappa shape index (κ1) is 12.4. The molecule has 0 saturated carbocycles. The van der Waals surface area contributed by atoms with Gasteiger partial charge in [0, 0.05) is 26.1 Å². The third-order valence-electron chi connectivity index (χ3n) is 3.35. The second-order valence-electron chi connectivity index (χ2n) is 5.04. The summed E-state index contributed by atoms with van der Waals surface area (Å²) in [6.07, 6.45) is 1.33. The van der Waals surface area contributed by atoms with Crippen LogP contribution in [0.1, 0.15) is 26.7 Å². The molecule has 17 heavy (non-hydrogen) atoms. The van der Waals surface area contributed by atoms with E-state index in [9.17, 15) is 9.59 Å². The molecule has 96 valence electrons. The molecule has 2 aliphatic rings. The highest BCUT2D eigenvalue weighted by Gasteiger charge is 2.32. The maximum Gasteiger partial charge on any atom is 0.227 e. The van der Waals surface area contributed by atoms with Gasteiger partial charge in [0.15, 0.2) is 0 Å². The van der Waals surface area contributed by atoms with Crippen LogP contribution in [0, 0.1) is 5.92 Å². The fourth-order valence-corrected chi connectivity index (χ4v) is 2.56. The molecule has 0 aliphatic carbocycles. The molecule has 2 saturated heterocycles. The van der Waals surface area contributed by atoms with Crippen LogP contribution in [0.15, 0.2) is 0 Å². The summed E-state index contributed by atoms with van der Waals surface area (Å²) in [6, 6.07) is 0. The van der Waals surface area contributed by atoms with E-state index in [1.165, 1.54) is 0 Å². The van der Waals surface area contributed by atoms with Crippen LogP contribution in [0.5, 0.6) is 0 Å². The van der Waals surface area contributed by atoms with Gasteiger partial charge >= 0.3 is 0 Å². The molecule has 0 aromatic carbocycles. The Bertz CT molecular complexity index is 299. The Morgan fingerprint density at radius 3 is 2.53 bits per heavy atom. The number of carbonyl (C=O) groups excluding carboxylic acids is 2. The molecular weight excluding hydrogens is 220 g/mol. The number of hydrogen-bond acceptors (Lipinski definition) is 3. The van der Waals surface area contributed by atoms with Crippen LogP contribution >= 0.6 is 0 Å². The Morgan fingerprint density at radius 1 is 1.35 bits per heavy atom. The Labute approximate surface area is 101 Å². The highest BCUT2D eigenvalue weighted by atomic mass is 16.5. The summed E-state index contributed by atoms with van der Waals surface area (Å²) in [4.78, 5) is 25.2. The van der Waals surface area contributed by atoms with E-state index in [0.717, 1.165) is 0 Å². The molecule has 0 spiro atoms. The highest BCUT2D eigenvalue weighted by molar-refractivity contribution is 5.83. The van der Waals surface area contributed by atoms with Crippen molar-refractivity contribution in [2.24, 2.45) is 5.92 Å². The second-order valence-corrected chi connectivity index (χ2v) is 5.04. The summed E-state index contributed by atoms with van der Waals surface area (Å²) in [5.74, 6) is 0.162. The van der Waals surface area contributed by atoms with Crippen LogP contribution in [0.2, 0.25) is 0 Å². The number of nitrogens with zero attached hydrogens (tertiary/aromatic N) is 1. The van der Waals surface area contributed by atoms with Gasteiger partial charge in [-0.2, -0.15) is 0 Å². The van der Waals surface area contributed by atoms with Crippen LogP contribution in [-0.2, 0) is 14.3 Å². The number of amides is 2. The van der Waals surface area contributed by atoms with Gasteiger partial charge in [0.2, 0.25) is 11.8 Å². The van der Waals surface area contributed by atoms with E-state index in [2.05, 4.69) is 5.32 Å². The van der Waals surface area contributed by atoms with Gasteiger partial charge in [-0.05, 0) is 20.3 Å². The number of nitrogens with one attached hydrogen (secondary N) is 1. The van der Waals surface area contributed by atoms with Crippen LogP contribution < -0.4 is 5.32 Å². The molecule has 2 fully saturated rings. The molecule has 0 radical (unpaired) electrons. The van der Waals surface area contributed by atoms with Crippen LogP contribution in [0.3, 0.4) is 0 Å². The number of carbonyl (C=O) groups is 2. The monoisotopic (exact) mass is 240 g/mol. The van der Waals surface area contributed by atoms with E-state index in [1.807, 2.05) is 18.7 Å². The van der Waals surface area contributed by atoms with Crippen molar-refractivity contribution < 1.29 is 14.3 Å². The minimum Gasteiger partial charge on any atom is -0.372 e. The van der Waals surface area contributed by atoms with Crippen molar-refractivity contribution in [2.75, 3.05) is 19.6 Å². The molecule has 0 aromatic rings. The molecule has 0 bridgehead atoms. The van der Waals surface area contributed by atoms with E-state index >= 15 is 0 Å². The topological polar surface area (TPSA) is 58.6 Å². The zero-order valence-electron chi connectivity index (χ0n) is 10.4. The summed E-state index contributed by atoms with van der Waals surface area (Å²) in [7, 11) is 0. The van der Waals surface area contributed by atoms with Gasteiger partial charge in [-0.3, -0.25) is 9.59 Å². The summed E-state index contributed by atoms with van der Waals surface area (Å²) in [5, 5.41) is 2.76. The fraction of sp³-hybridized carbons (Fsp3) is 0.833. The largest absolute Gasteiger partial charge is 0.372 e. The van der Waals surface area contributed by atoms with Gasteiger partial charge in [0.25, 0.3) is 0 Å². The molecule has 2 heterocycles. The van der Waals surface area contributed by atoms with Crippen molar-refractivity contribution in [3.8, 4) is 0 Å². The lowest BCUT2D eigenvalue weighted by molar-refractivity contribution is -0.148. The normalized spacial score (nSPS) is 34.4. The van der Waals surface area contributed by atoms with Crippen molar-refractivity contribution in [1.82, 2.24) is 10.2 Å².